The van der Waals surface area contributed by atoms with Crippen LogP contribution in [0.1, 0.15) is 41.7 Å². The molecule has 0 saturated heterocycles. The number of hydrogen-bond donors (Lipinski definition) is 2. The third-order valence-corrected chi connectivity index (χ3v) is 4.34. The number of nitrogens with one attached hydrogen (secondary N) is 1. The quantitative estimate of drug-likeness (QED) is 0.884. The Morgan fingerprint density at radius 2 is 2.29 bits per heavy atom. The molecule has 0 radical (unpaired) electrons. The Bertz CT molecular complexity index is 689. The van der Waals surface area contributed by atoms with Crippen molar-refractivity contribution in [1.82, 2.24) is 14.8 Å². The molecule has 6 heteroatoms. The highest BCUT2D eigenvalue weighted by Gasteiger charge is 2.20. The van der Waals surface area contributed by atoms with Gasteiger partial charge in [-0.05, 0) is 19.3 Å². The van der Waals surface area contributed by atoms with Crippen LogP contribution in [0.5, 0.6) is 0 Å². The number of fused-ring (bicyclic) bond motifs is 1. The number of rotatable bonds is 5. The molecular weight excluding hydrogens is 268 g/mol. The zero-order valence-electron chi connectivity index (χ0n) is 12.4. The topological polar surface area (TPSA) is 80.0 Å². The Kier molecular flexibility index (Phi) is 3.53. The van der Waals surface area contributed by atoms with E-state index >= 15 is 0 Å². The van der Waals surface area contributed by atoms with Gasteiger partial charge in [-0.1, -0.05) is 19.3 Å². The molecule has 1 aliphatic carbocycles. The Morgan fingerprint density at radius 3 is 2.90 bits per heavy atom. The Labute approximate surface area is 123 Å². The van der Waals surface area contributed by atoms with Gasteiger partial charge in [0.15, 0.2) is 5.65 Å². The maximum atomic E-state index is 11.4. The van der Waals surface area contributed by atoms with Crippen LogP contribution >= 0.6 is 0 Å². The molecule has 112 valence electrons. The zero-order chi connectivity index (χ0) is 15.0. The van der Waals surface area contributed by atoms with Crippen molar-refractivity contribution in [3.05, 3.63) is 17.5 Å². The number of carboxylic acids is 1. The molecule has 21 heavy (non-hydrogen) atoms. The van der Waals surface area contributed by atoms with E-state index in [1.165, 1.54) is 25.5 Å². The van der Waals surface area contributed by atoms with Crippen LogP contribution < -0.4 is 5.32 Å². The lowest BCUT2D eigenvalue weighted by atomic mass is 9.83. The Morgan fingerprint density at radius 1 is 1.52 bits per heavy atom. The highest BCUT2D eigenvalue weighted by atomic mass is 16.4. The number of anilines is 1. The van der Waals surface area contributed by atoms with Gasteiger partial charge in [-0.2, -0.15) is 5.10 Å². The molecule has 2 heterocycles. The van der Waals surface area contributed by atoms with E-state index in [0.29, 0.717) is 11.3 Å². The fourth-order valence-electron chi connectivity index (χ4n) is 2.94. The number of carbonyl (C=O) groups is 1. The third-order valence-electron chi connectivity index (χ3n) is 4.34. The molecule has 1 fully saturated rings. The molecule has 0 amide bonds. The van der Waals surface area contributed by atoms with Gasteiger partial charge in [0.05, 0.1) is 16.8 Å². The molecule has 3 rings (SSSR count). The summed E-state index contributed by atoms with van der Waals surface area (Å²) >= 11 is 0. The van der Waals surface area contributed by atoms with Gasteiger partial charge in [0, 0.05) is 19.8 Å². The van der Waals surface area contributed by atoms with Crippen molar-refractivity contribution < 1.29 is 9.90 Å². The molecule has 2 aromatic heterocycles. The highest BCUT2D eigenvalue weighted by Crippen LogP contribution is 2.31. The number of nitrogens with zero attached hydrogens (tertiary/aromatic N) is 3. The van der Waals surface area contributed by atoms with E-state index in [1.54, 1.807) is 4.68 Å². The van der Waals surface area contributed by atoms with Gasteiger partial charge < -0.3 is 10.4 Å². The summed E-state index contributed by atoms with van der Waals surface area (Å²) in [5.41, 5.74) is 2.38. The first-order chi connectivity index (χ1) is 10.1. The summed E-state index contributed by atoms with van der Waals surface area (Å²) < 4.78 is 1.69. The first-order valence-corrected chi connectivity index (χ1v) is 7.37. The minimum absolute atomic E-state index is 0.215. The van der Waals surface area contributed by atoms with Crippen LogP contribution in [0.4, 0.5) is 5.69 Å². The molecule has 0 unspecified atom stereocenters. The normalized spacial score (nSPS) is 15.1. The first-order valence-electron chi connectivity index (χ1n) is 7.37. The van der Waals surface area contributed by atoms with E-state index in [-0.39, 0.29) is 5.56 Å². The van der Waals surface area contributed by atoms with Gasteiger partial charge >= 0.3 is 5.97 Å². The summed E-state index contributed by atoms with van der Waals surface area (Å²) in [6, 6.07) is 0. The standard InChI is InChI=1S/C15H20N4O2/c1-9-12-13(16-7-6-10-4-3-5-10)11(15(20)21)8-17-14(12)19(2)18-9/h8,10H,3-7H2,1-2H3,(H,16,17)(H,20,21). The van der Waals surface area contributed by atoms with Gasteiger partial charge in [-0.3, -0.25) is 4.68 Å². The van der Waals surface area contributed by atoms with Crippen molar-refractivity contribution in [3.8, 4) is 0 Å². The second-order valence-electron chi connectivity index (χ2n) is 5.77. The van der Waals surface area contributed by atoms with E-state index in [4.69, 9.17) is 0 Å². The average Bonchev–Trinajstić information content (AvgIpc) is 2.68. The predicted molar refractivity (Wildman–Crippen MR) is 80.7 cm³/mol. The fraction of sp³-hybridized carbons (Fsp3) is 0.533. The second-order valence-corrected chi connectivity index (χ2v) is 5.77. The number of pyridine rings is 1. The largest absolute Gasteiger partial charge is 0.478 e. The summed E-state index contributed by atoms with van der Waals surface area (Å²) in [4.78, 5) is 15.7. The fourth-order valence-corrected chi connectivity index (χ4v) is 2.94. The number of hydrogen-bond acceptors (Lipinski definition) is 4. The number of aryl methyl sites for hydroxylation is 2. The highest BCUT2D eigenvalue weighted by molar-refractivity contribution is 6.04. The molecule has 2 aromatic rings. The summed E-state index contributed by atoms with van der Waals surface area (Å²) in [6.45, 7) is 2.67. The van der Waals surface area contributed by atoms with E-state index in [2.05, 4.69) is 15.4 Å². The van der Waals surface area contributed by atoms with E-state index < -0.39 is 5.97 Å². The Balaban J connectivity index is 1.95. The van der Waals surface area contributed by atoms with Gasteiger partial charge in [0.1, 0.15) is 5.56 Å². The predicted octanol–water partition coefficient (Wildman–Crippen LogP) is 2.58. The van der Waals surface area contributed by atoms with Crippen LogP contribution in [0, 0.1) is 12.8 Å². The molecular formula is C15H20N4O2. The van der Waals surface area contributed by atoms with Gasteiger partial charge in [0.2, 0.25) is 0 Å². The SMILES string of the molecule is Cc1nn(C)c2ncc(C(=O)O)c(NCCC3CCC3)c12. The van der Waals surface area contributed by atoms with Gasteiger partial charge in [-0.15, -0.1) is 0 Å². The minimum atomic E-state index is -0.959. The lowest BCUT2D eigenvalue weighted by Gasteiger charge is -2.25. The van der Waals surface area contributed by atoms with Crippen molar-refractivity contribution in [2.24, 2.45) is 13.0 Å². The summed E-state index contributed by atoms with van der Waals surface area (Å²) in [5.74, 6) is -0.170. The van der Waals surface area contributed by atoms with Crippen LogP contribution in [0.2, 0.25) is 0 Å². The average molecular weight is 288 g/mol. The number of aromatic nitrogens is 3. The summed E-state index contributed by atoms with van der Waals surface area (Å²) in [7, 11) is 1.82. The van der Waals surface area contributed by atoms with Gasteiger partial charge in [0.25, 0.3) is 0 Å². The zero-order valence-corrected chi connectivity index (χ0v) is 12.4. The van der Waals surface area contributed by atoms with Crippen LogP contribution in [0.15, 0.2) is 6.20 Å². The van der Waals surface area contributed by atoms with Crippen molar-refractivity contribution >= 4 is 22.7 Å². The summed E-state index contributed by atoms with van der Waals surface area (Å²) in [5, 5.41) is 17.9. The van der Waals surface area contributed by atoms with Crippen molar-refractivity contribution in [1.29, 1.82) is 0 Å². The molecule has 1 saturated carbocycles. The van der Waals surface area contributed by atoms with E-state index in [9.17, 15) is 9.90 Å². The molecule has 0 atom stereocenters. The monoisotopic (exact) mass is 288 g/mol. The smallest absolute Gasteiger partial charge is 0.339 e. The van der Waals surface area contributed by atoms with Crippen LogP contribution in [-0.2, 0) is 7.05 Å². The summed E-state index contributed by atoms with van der Waals surface area (Å²) in [6.07, 6.45) is 6.42. The van der Waals surface area contributed by atoms with Crippen LogP contribution in [0.25, 0.3) is 11.0 Å². The van der Waals surface area contributed by atoms with Crippen molar-refractivity contribution in [2.45, 2.75) is 32.6 Å². The molecule has 0 spiro atoms. The molecule has 0 aliphatic heterocycles. The molecule has 2 N–H and O–H groups in total. The lowest BCUT2D eigenvalue weighted by molar-refractivity contribution is 0.0697. The van der Waals surface area contributed by atoms with Crippen LogP contribution in [-0.4, -0.2) is 32.4 Å². The molecule has 0 aromatic carbocycles. The lowest BCUT2D eigenvalue weighted by Crippen LogP contribution is -2.17. The van der Waals surface area contributed by atoms with Crippen molar-refractivity contribution in [3.63, 3.8) is 0 Å². The van der Waals surface area contributed by atoms with E-state index in [1.807, 2.05) is 14.0 Å². The van der Waals surface area contributed by atoms with Gasteiger partial charge in [-0.25, -0.2) is 9.78 Å². The maximum absolute atomic E-state index is 11.4. The Hall–Kier alpha value is -2.11. The molecule has 1 aliphatic rings. The maximum Gasteiger partial charge on any atom is 0.339 e. The number of aromatic carboxylic acids is 1. The minimum Gasteiger partial charge on any atom is -0.478 e. The van der Waals surface area contributed by atoms with Crippen molar-refractivity contribution in [2.75, 3.05) is 11.9 Å². The van der Waals surface area contributed by atoms with Crippen LogP contribution in [0.3, 0.4) is 0 Å². The molecule has 0 bridgehead atoms. The molecule has 6 nitrogen and oxygen atoms in total. The van der Waals surface area contributed by atoms with E-state index in [0.717, 1.165) is 30.0 Å². The second kappa shape index (κ2) is 5.35. The first kappa shape index (κ1) is 13.9. The number of carboxylic acid groups (broad SMARTS) is 1. The third kappa shape index (κ3) is 2.46.